The minimum atomic E-state index is -1.34. The van der Waals surface area contributed by atoms with Crippen LogP contribution >= 0.6 is 27.5 Å². The van der Waals surface area contributed by atoms with Crippen molar-refractivity contribution in [3.63, 3.8) is 0 Å². The number of carbonyl (C=O) groups excluding carboxylic acids is 4. The molecule has 0 aromatic heterocycles. The largest absolute Gasteiger partial charge is 0.463 e. The van der Waals surface area contributed by atoms with Crippen molar-refractivity contribution in [2.45, 2.75) is 47.9 Å². The summed E-state index contributed by atoms with van der Waals surface area (Å²) in [7, 11) is 0. The summed E-state index contributed by atoms with van der Waals surface area (Å²) in [6.07, 6.45) is 3.40. The number of halogens is 2. The van der Waals surface area contributed by atoms with Gasteiger partial charge in [-0.25, -0.2) is 0 Å². The highest BCUT2D eigenvalue weighted by molar-refractivity contribution is 9.09. The lowest BCUT2D eigenvalue weighted by molar-refractivity contribution is -0.146. The van der Waals surface area contributed by atoms with Crippen molar-refractivity contribution in [1.82, 2.24) is 10.2 Å². The SMILES string of the molecule is C=CCCC(=O)OC[C@H](NC(=O)[C@@H]1[C@H]2O[C@@]3(CC2Br)[C@H](C(=O)N(CC=C)c2ccccc2Cl)N(CCO)C(=O)[C@@H]13)c1ccccc1. The van der Waals surface area contributed by atoms with Gasteiger partial charge in [-0.15, -0.1) is 13.2 Å². The number of nitrogens with one attached hydrogen (secondary N) is 1. The summed E-state index contributed by atoms with van der Waals surface area (Å²) in [6.45, 7) is 6.91. The zero-order valence-corrected chi connectivity index (χ0v) is 27.6. The molecule has 7 atom stereocenters. The smallest absolute Gasteiger partial charge is 0.306 e. The van der Waals surface area contributed by atoms with E-state index in [2.05, 4.69) is 34.4 Å². The van der Waals surface area contributed by atoms with E-state index >= 15 is 0 Å². The zero-order valence-electron chi connectivity index (χ0n) is 25.2. The summed E-state index contributed by atoms with van der Waals surface area (Å²) in [5.74, 6) is -3.73. The third-order valence-electron chi connectivity index (χ3n) is 8.87. The lowest BCUT2D eigenvalue weighted by Gasteiger charge is -2.37. The van der Waals surface area contributed by atoms with E-state index in [1.165, 1.54) is 9.80 Å². The van der Waals surface area contributed by atoms with Crippen LogP contribution in [-0.2, 0) is 28.7 Å². The maximum Gasteiger partial charge on any atom is 0.306 e. The predicted molar refractivity (Wildman–Crippen MR) is 176 cm³/mol. The van der Waals surface area contributed by atoms with E-state index in [0.717, 1.165) is 0 Å². The van der Waals surface area contributed by atoms with E-state index in [1.807, 2.05) is 30.3 Å². The van der Waals surface area contributed by atoms with E-state index in [0.29, 0.717) is 29.1 Å². The van der Waals surface area contributed by atoms with Gasteiger partial charge in [0.25, 0.3) is 5.91 Å². The number of alkyl halides is 1. The first-order chi connectivity index (χ1) is 22.2. The summed E-state index contributed by atoms with van der Waals surface area (Å²) in [6, 6.07) is 14.1. The molecule has 2 bridgehead atoms. The Hall–Kier alpha value is -3.51. The molecule has 1 spiro atoms. The number of esters is 1. The number of nitrogens with zero attached hydrogens (tertiary/aromatic N) is 2. The van der Waals surface area contributed by atoms with Crippen LogP contribution in [-0.4, -0.2) is 82.6 Å². The number of amides is 3. The van der Waals surface area contributed by atoms with Crippen molar-refractivity contribution in [1.29, 1.82) is 0 Å². The first-order valence-corrected chi connectivity index (χ1v) is 16.5. The Balaban J connectivity index is 1.47. The molecule has 3 fully saturated rings. The number of anilines is 1. The minimum absolute atomic E-state index is 0.107. The molecular formula is C34H37BrClN3O7. The number of aliphatic hydroxyl groups is 1. The van der Waals surface area contributed by atoms with Crippen LogP contribution in [0.25, 0.3) is 0 Å². The van der Waals surface area contributed by atoms with E-state index in [-0.39, 0.29) is 30.9 Å². The van der Waals surface area contributed by atoms with Crippen LogP contribution in [0.2, 0.25) is 5.02 Å². The van der Waals surface area contributed by atoms with Crippen molar-refractivity contribution in [3.8, 4) is 0 Å². The van der Waals surface area contributed by atoms with Gasteiger partial charge in [-0.2, -0.15) is 0 Å². The fourth-order valence-corrected chi connectivity index (χ4v) is 8.13. The summed E-state index contributed by atoms with van der Waals surface area (Å²) in [5, 5.41) is 13.3. The zero-order chi connectivity index (χ0) is 33.0. The van der Waals surface area contributed by atoms with Crippen molar-refractivity contribution < 1.29 is 33.8 Å². The highest BCUT2D eigenvalue weighted by Crippen LogP contribution is 2.60. The maximum atomic E-state index is 14.5. The van der Waals surface area contributed by atoms with Gasteiger partial charge in [0.2, 0.25) is 11.8 Å². The number of likely N-dealkylation sites (tertiary alicyclic amines) is 1. The predicted octanol–water partition coefficient (Wildman–Crippen LogP) is 3.97. The number of hydrogen-bond acceptors (Lipinski definition) is 7. The molecule has 244 valence electrons. The molecule has 3 aliphatic heterocycles. The number of para-hydroxylation sites is 1. The third-order valence-corrected chi connectivity index (χ3v) is 10.0. The van der Waals surface area contributed by atoms with Crippen molar-refractivity contribution in [2.24, 2.45) is 11.8 Å². The van der Waals surface area contributed by atoms with Gasteiger partial charge >= 0.3 is 5.97 Å². The van der Waals surface area contributed by atoms with Gasteiger partial charge in [0.1, 0.15) is 18.2 Å². The number of allylic oxidation sites excluding steroid dienone is 1. The van der Waals surface area contributed by atoms with Gasteiger partial charge in [-0.3, -0.25) is 19.2 Å². The molecule has 2 N–H and O–H groups in total. The number of rotatable bonds is 14. The second-order valence-electron chi connectivity index (χ2n) is 11.6. The Morgan fingerprint density at radius 3 is 2.57 bits per heavy atom. The molecule has 2 aromatic carbocycles. The van der Waals surface area contributed by atoms with Crippen molar-refractivity contribution in [2.75, 3.05) is 31.2 Å². The number of carbonyl (C=O) groups is 4. The molecule has 3 aliphatic rings. The minimum Gasteiger partial charge on any atom is -0.463 e. The first kappa shape index (κ1) is 33.8. The Morgan fingerprint density at radius 1 is 1.17 bits per heavy atom. The van der Waals surface area contributed by atoms with Crippen molar-refractivity contribution >= 4 is 56.9 Å². The van der Waals surface area contributed by atoms with Crippen LogP contribution in [0, 0.1) is 11.8 Å². The van der Waals surface area contributed by atoms with E-state index in [4.69, 9.17) is 21.1 Å². The summed E-state index contributed by atoms with van der Waals surface area (Å²) < 4.78 is 12.1. The van der Waals surface area contributed by atoms with Gasteiger partial charge in [-0.05, 0) is 30.5 Å². The Bertz CT molecular complexity index is 1490. The second kappa shape index (κ2) is 14.5. The van der Waals surface area contributed by atoms with Crippen LogP contribution in [0.3, 0.4) is 0 Å². The molecule has 0 saturated carbocycles. The van der Waals surface area contributed by atoms with Crippen molar-refractivity contribution in [3.05, 3.63) is 90.5 Å². The molecule has 3 amide bonds. The van der Waals surface area contributed by atoms with E-state index in [9.17, 15) is 24.3 Å². The third kappa shape index (κ3) is 6.25. The molecule has 1 unspecified atom stereocenters. The van der Waals surface area contributed by atoms with E-state index < -0.39 is 65.9 Å². The van der Waals surface area contributed by atoms with Crippen LogP contribution in [0.4, 0.5) is 5.69 Å². The topological polar surface area (TPSA) is 125 Å². The number of aliphatic hydroxyl groups excluding tert-OH is 1. The first-order valence-electron chi connectivity index (χ1n) is 15.2. The van der Waals surface area contributed by atoms with Gasteiger partial charge in [0, 0.05) is 24.3 Å². The molecule has 3 heterocycles. The quantitative estimate of drug-likeness (QED) is 0.173. The summed E-state index contributed by atoms with van der Waals surface area (Å²) >= 11 is 10.2. The normalized spacial score (nSPS) is 26.7. The number of benzene rings is 2. The monoisotopic (exact) mass is 713 g/mol. The molecule has 46 heavy (non-hydrogen) atoms. The number of hydrogen-bond donors (Lipinski definition) is 2. The van der Waals surface area contributed by atoms with Crippen LogP contribution in [0.5, 0.6) is 0 Å². The fraction of sp³-hybridized carbons (Fsp3) is 0.412. The highest BCUT2D eigenvalue weighted by atomic mass is 79.9. The van der Waals surface area contributed by atoms with Gasteiger partial charge in [-0.1, -0.05) is 82.1 Å². The molecular weight excluding hydrogens is 678 g/mol. The fourth-order valence-electron chi connectivity index (χ4n) is 6.95. The average Bonchev–Trinajstić information content (AvgIpc) is 3.64. The number of ether oxygens (including phenoxy) is 2. The molecule has 0 radical (unpaired) electrons. The van der Waals surface area contributed by atoms with Crippen LogP contribution < -0.4 is 10.2 Å². The number of β-amino-alcohol motifs (C(OH)–C–C–N with tert-alkyl or cyclic N) is 1. The van der Waals surface area contributed by atoms with Crippen LogP contribution in [0.15, 0.2) is 79.9 Å². The van der Waals surface area contributed by atoms with Gasteiger partial charge < -0.3 is 29.7 Å². The number of fused-ring (bicyclic) bond motifs is 1. The van der Waals surface area contributed by atoms with Crippen LogP contribution in [0.1, 0.15) is 30.9 Å². The molecule has 0 aliphatic carbocycles. The maximum absolute atomic E-state index is 14.5. The van der Waals surface area contributed by atoms with E-state index in [1.54, 1.807) is 36.4 Å². The average molecular weight is 715 g/mol. The molecule has 3 saturated heterocycles. The highest BCUT2D eigenvalue weighted by Gasteiger charge is 2.76. The summed E-state index contributed by atoms with van der Waals surface area (Å²) in [4.78, 5) is 57.7. The van der Waals surface area contributed by atoms with Gasteiger partial charge in [0.15, 0.2) is 0 Å². The molecule has 12 heteroatoms. The Labute approximate surface area is 281 Å². The molecule has 10 nitrogen and oxygen atoms in total. The standard InChI is InChI=1S/C34H37BrClN3O7/c1-3-5-15-26(41)45-20-24(21-11-7-6-8-12-21)37-31(42)27-28-32(43)39(17-18-40)30(34(28)19-22(35)29(27)46-34)33(44)38(16-4-2)25-14-10-9-13-23(25)36/h3-4,6-14,22,24,27-30,40H,1-2,5,15-20H2,(H,37,42)/t22?,24-,27-,28+,29-,30-,34+/m0/s1. The molecule has 5 rings (SSSR count). The van der Waals surface area contributed by atoms with Gasteiger partial charge in [0.05, 0.1) is 41.3 Å². The second-order valence-corrected chi connectivity index (χ2v) is 13.2. The Kier molecular flexibility index (Phi) is 10.7. The lowest BCUT2D eigenvalue weighted by Crippen LogP contribution is -2.57. The Morgan fingerprint density at radius 2 is 1.89 bits per heavy atom. The lowest BCUT2D eigenvalue weighted by atomic mass is 9.70. The summed E-state index contributed by atoms with van der Waals surface area (Å²) in [5.41, 5.74) is -0.186. The molecule has 2 aromatic rings.